The molecule has 0 aliphatic carbocycles. The molecule has 0 saturated heterocycles. The molecule has 0 radical (unpaired) electrons. The van der Waals surface area contributed by atoms with Gasteiger partial charge >= 0.3 is 0 Å². The third-order valence-electron chi connectivity index (χ3n) is 4.64. The van der Waals surface area contributed by atoms with Crippen LogP contribution in [0.4, 0.5) is 0 Å². The zero-order valence-electron chi connectivity index (χ0n) is 15.0. The van der Waals surface area contributed by atoms with Crippen LogP contribution in [0.25, 0.3) is 0 Å². The zero-order valence-corrected chi connectivity index (χ0v) is 15.8. The van der Waals surface area contributed by atoms with Gasteiger partial charge in [-0.3, -0.25) is 9.59 Å². The van der Waals surface area contributed by atoms with E-state index in [1.54, 1.807) is 19.2 Å². The predicted octanol–water partition coefficient (Wildman–Crippen LogP) is 4.13. The summed E-state index contributed by atoms with van der Waals surface area (Å²) in [6, 6.07) is 13.4. The molecule has 28 heavy (non-hydrogen) atoms. The van der Waals surface area contributed by atoms with Crippen LogP contribution >= 0.6 is 11.3 Å². The maximum atomic E-state index is 13.0. The number of thiophene rings is 1. The summed E-state index contributed by atoms with van der Waals surface area (Å²) in [4.78, 5) is 28.1. The Morgan fingerprint density at radius 2 is 2.04 bits per heavy atom. The Bertz CT molecular complexity index is 1040. The molecule has 142 valence electrons. The van der Waals surface area contributed by atoms with Crippen LogP contribution in [0.2, 0.25) is 0 Å². The molecule has 0 bridgehead atoms. The number of nitrogens with zero attached hydrogens (tertiary/aromatic N) is 1. The van der Waals surface area contributed by atoms with Crippen molar-refractivity contribution in [2.45, 2.75) is 12.6 Å². The van der Waals surface area contributed by atoms with E-state index in [4.69, 9.17) is 9.15 Å². The van der Waals surface area contributed by atoms with Crippen LogP contribution in [0.5, 0.6) is 5.75 Å². The first-order valence-electron chi connectivity index (χ1n) is 8.59. The summed E-state index contributed by atoms with van der Waals surface area (Å²) in [5.74, 6) is -0.939. The molecule has 0 spiro atoms. The van der Waals surface area contributed by atoms with Crippen molar-refractivity contribution in [3.63, 3.8) is 0 Å². The van der Waals surface area contributed by atoms with Crippen molar-refractivity contribution in [3.05, 3.63) is 87.7 Å². The maximum absolute atomic E-state index is 13.0. The molecule has 1 amide bonds. The summed E-state index contributed by atoms with van der Waals surface area (Å²) in [7, 11) is 1.56. The first-order chi connectivity index (χ1) is 13.6. The van der Waals surface area contributed by atoms with Crippen LogP contribution < -0.4 is 4.74 Å². The van der Waals surface area contributed by atoms with Crippen LogP contribution in [0.1, 0.15) is 27.0 Å². The molecular weight excluding hydrogens is 378 g/mol. The van der Waals surface area contributed by atoms with Gasteiger partial charge in [0.25, 0.3) is 5.91 Å². The number of aliphatic hydroxyl groups is 1. The summed E-state index contributed by atoms with van der Waals surface area (Å²) < 4.78 is 10.6. The van der Waals surface area contributed by atoms with Crippen molar-refractivity contribution in [1.29, 1.82) is 0 Å². The summed E-state index contributed by atoms with van der Waals surface area (Å²) in [5.41, 5.74) is 0.803. The van der Waals surface area contributed by atoms with Crippen LogP contribution in [0.15, 0.2) is 75.9 Å². The minimum Gasteiger partial charge on any atom is -0.503 e. The lowest BCUT2D eigenvalue weighted by Gasteiger charge is -2.26. The van der Waals surface area contributed by atoms with Gasteiger partial charge in [-0.15, -0.1) is 11.3 Å². The molecule has 0 saturated carbocycles. The summed E-state index contributed by atoms with van der Waals surface area (Å²) >= 11 is 1.41. The molecular formula is C21H17NO5S. The Balaban J connectivity index is 1.77. The number of para-hydroxylation sites is 1. The number of furan rings is 1. The number of rotatable bonds is 6. The number of aliphatic hydroxyl groups excluding tert-OH is 1. The van der Waals surface area contributed by atoms with E-state index >= 15 is 0 Å². The van der Waals surface area contributed by atoms with E-state index in [0.29, 0.717) is 5.75 Å². The molecule has 3 heterocycles. The number of ketones is 1. The number of ether oxygens (including phenoxy) is 1. The van der Waals surface area contributed by atoms with Crippen molar-refractivity contribution >= 4 is 23.0 Å². The lowest BCUT2D eigenvalue weighted by molar-refractivity contribution is -0.130. The van der Waals surface area contributed by atoms with E-state index in [9.17, 15) is 14.7 Å². The third-order valence-corrected chi connectivity index (χ3v) is 5.56. The molecule has 3 aromatic rings. The lowest BCUT2D eigenvalue weighted by Crippen LogP contribution is -2.30. The highest BCUT2D eigenvalue weighted by molar-refractivity contribution is 7.10. The first-order valence-corrected chi connectivity index (χ1v) is 9.47. The fourth-order valence-electron chi connectivity index (χ4n) is 3.35. The first kappa shape index (κ1) is 18.1. The van der Waals surface area contributed by atoms with E-state index < -0.39 is 23.5 Å². The van der Waals surface area contributed by atoms with Crippen molar-refractivity contribution in [3.8, 4) is 5.75 Å². The molecule has 2 aromatic heterocycles. The van der Waals surface area contributed by atoms with Gasteiger partial charge in [0.1, 0.15) is 11.8 Å². The minimum absolute atomic E-state index is 0.0253. The number of carbonyl (C=O) groups is 2. The average molecular weight is 395 g/mol. The second-order valence-corrected chi connectivity index (χ2v) is 7.21. The molecule has 1 aliphatic rings. The highest BCUT2D eigenvalue weighted by Crippen LogP contribution is 2.42. The third kappa shape index (κ3) is 2.99. The van der Waals surface area contributed by atoms with Crippen LogP contribution in [-0.4, -0.2) is 28.8 Å². The van der Waals surface area contributed by atoms with Gasteiger partial charge in [0.15, 0.2) is 11.5 Å². The molecule has 0 fully saturated rings. The van der Waals surface area contributed by atoms with Gasteiger partial charge in [-0.2, -0.15) is 0 Å². The fourth-order valence-corrected chi connectivity index (χ4v) is 4.19. The Morgan fingerprint density at radius 3 is 2.71 bits per heavy atom. The number of methoxy groups -OCH3 is 1. The molecule has 7 heteroatoms. The van der Waals surface area contributed by atoms with Gasteiger partial charge in [0.2, 0.25) is 5.78 Å². The van der Waals surface area contributed by atoms with Crippen molar-refractivity contribution in [2.24, 2.45) is 0 Å². The fraction of sp³-hybridized carbons (Fsp3) is 0.143. The molecule has 1 unspecified atom stereocenters. The number of carbonyl (C=O) groups excluding carboxylic acids is 2. The number of hydrogen-bond acceptors (Lipinski definition) is 6. The average Bonchev–Trinajstić information content (AvgIpc) is 3.46. The van der Waals surface area contributed by atoms with E-state index in [1.165, 1.54) is 28.6 Å². The van der Waals surface area contributed by atoms with E-state index in [2.05, 4.69) is 0 Å². The minimum atomic E-state index is -0.699. The van der Waals surface area contributed by atoms with E-state index in [1.807, 2.05) is 35.7 Å². The maximum Gasteiger partial charge on any atom is 0.290 e. The summed E-state index contributed by atoms with van der Waals surface area (Å²) in [6.07, 6.45) is 1.38. The highest BCUT2D eigenvalue weighted by atomic mass is 32.1. The molecule has 1 atom stereocenters. The van der Waals surface area contributed by atoms with E-state index in [-0.39, 0.29) is 17.9 Å². The SMILES string of the molecule is COc1ccccc1CN1C(=O)C(O)=C(C(=O)c2ccco2)C1c1cccs1. The van der Waals surface area contributed by atoms with Gasteiger partial charge in [-0.25, -0.2) is 0 Å². The Hall–Kier alpha value is -3.32. The lowest BCUT2D eigenvalue weighted by atomic mass is 10.00. The number of Topliss-reactive ketones (excluding diaryl/α,β-unsaturated/α-hetero) is 1. The topological polar surface area (TPSA) is 80.0 Å². The van der Waals surface area contributed by atoms with Gasteiger partial charge in [0, 0.05) is 10.4 Å². The molecule has 4 rings (SSSR count). The molecule has 1 aliphatic heterocycles. The normalized spacial score (nSPS) is 16.7. The second-order valence-electron chi connectivity index (χ2n) is 6.23. The Morgan fingerprint density at radius 1 is 1.21 bits per heavy atom. The van der Waals surface area contributed by atoms with Gasteiger partial charge in [-0.1, -0.05) is 24.3 Å². The van der Waals surface area contributed by atoms with Crippen molar-refractivity contribution in [1.82, 2.24) is 4.90 Å². The van der Waals surface area contributed by atoms with Gasteiger partial charge in [0.05, 0.1) is 25.5 Å². The monoisotopic (exact) mass is 395 g/mol. The Kier molecular flexibility index (Phi) is 4.75. The quantitative estimate of drug-likeness (QED) is 0.635. The highest BCUT2D eigenvalue weighted by Gasteiger charge is 2.45. The molecule has 6 nitrogen and oxygen atoms in total. The second kappa shape index (κ2) is 7.36. The van der Waals surface area contributed by atoms with Gasteiger partial charge < -0.3 is 19.2 Å². The number of amides is 1. The largest absolute Gasteiger partial charge is 0.503 e. The summed E-state index contributed by atoms with van der Waals surface area (Å²) in [6.45, 7) is 0.185. The molecule has 1 aromatic carbocycles. The van der Waals surface area contributed by atoms with Crippen molar-refractivity contribution in [2.75, 3.05) is 7.11 Å². The van der Waals surface area contributed by atoms with Crippen LogP contribution in [0.3, 0.4) is 0 Å². The molecule has 1 N–H and O–H groups in total. The zero-order chi connectivity index (χ0) is 19.7. The number of benzene rings is 1. The van der Waals surface area contributed by atoms with Gasteiger partial charge in [-0.05, 0) is 29.6 Å². The van der Waals surface area contributed by atoms with Crippen molar-refractivity contribution < 1.29 is 23.8 Å². The standard InChI is InChI=1S/C21H17NO5S/c1-26-14-7-3-2-6-13(14)12-22-18(16-9-5-11-28-16)17(20(24)21(22)25)19(23)15-8-4-10-27-15/h2-11,18,24H,12H2,1H3. The summed E-state index contributed by atoms with van der Waals surface area (Å²) in [5, 5.41) is 12.4. The predicted molar refractivity (Wildman–Crippen MR) is 103 cm³/mol. The van der Waals surface area contributed by atoms with Crippen LogP contribution in [-0.2, 0) is 11.3 Å². The van der Waals surface area contributed by atoms with E-state index in [0.717, 1.165) is 10.4 Å². The smallest absolute Gasteiger partial charge is 0.290 e. The Labute approximate surface area is 165 Å². The number of hydrogen-bond donors (Lipinski definition) is 1. The van der Waals surface area contributed by atoms with Crippen LogP contribution in [0, 0.1) is 0 Å².